The molecule has 0 atom stereocenters. The van der Waals surface area contributed by atoms with Gasteiger partial charge in [0, 0.05) is 19.7 Å². The van der Waals surface area contributed by atoms with E-state index in [9.17, 15) is 0 Å². The molecular weight excluding hydrogens is 246 g/mol. The van der Waals surface area contributed by atoms with Crippen LogP contribution in [-0.4, -0.2) is 29.4 Å². The molecule has 0 aromatic carbocycles. The third kappa shape index (κ3) is 5.69. The molecule has 1 heterocycles. The highest BCUT2D eigenvalue weighted by Crippen LogP contribution is 2.20. The Balaban J connectivity index is 2.70. The number of hydrogen-bond donors (Lipinski definition) is 1. The third-order valence-corrected chi connectivity index (χ3v) is 3.32. The summed E-state index contributed by atoms with van der Waals surface area (Å²) in [6.07, 6.45) is 3.51. The van der Waals surface area contributed by atoms with Crippen molar-refractivity contribution in [2.45, 2.75) is 44.7 Å². The Hall–Kier alpha value is -0.810. The Morgan fingerprint density at radius 1 is 1.28 bits per heavy atom. The molecule has 0 fully saturated rings. The highest BCUT2D eigenvalue weighted by Gasteiger charge is 2.04. The van der Waals surface area contributed by atoms with Crippen molar-refractivity contribution >= 4 is 17.6 Å². The normalized spacial score (nSPS) is 10.6. The molecule has 0 spiro atoms. The largest absolute Gasteiger partial charge is 0.377 e. The molecule has 102 valence electrons. The molecule has 0 radical (unpaired) electrons. The van der Waals surface area contributed by atoms with Crippen LogP contribution in [0.5, 0.6) is 0 Å². The van der Waals surface area contributed by atoms with Gasteiger partial charge >= 0.3 is 0 Å². The van der Waals surface area contributed by atoms with Crippen LogP contribution in [0, 0.1) is 0 Å². The molecule has 0 unspecified atom stereocenters. The summed E-state index contributed by atoms with van der Waals surface area (Å²) in [7, 11) is 1.67. The van der Waals surface area contributed by atoms with Gasteiger partial charge in [-0.25, -0.2) is 9.97 Å². The van der Waals surface area contributed by atoms with Crippen LogP contribution in [-0.2, 0) is 11.3 Å². The van der Waals surface area contributed by atoms with Gasteiger partial charge in [-0.1, -0.05) is 20.3 Å². The van der Waals surface area contributed by atoms with Gasteiger partial charge in [-0.3, -0.25) is 0 Å². The SMILES string of the molecule is CCCCSc1cc(NCCC)nc(COC)n1. The van der Waals surface area contributed by atoms with Gasteiger partial charge in [-0.05, 0) is 18.6 Å². The van der Waals surface area contributed by atoms with Gasteiger partial charge in [0.25, 0.3) is 0 Å². The Kier molecular flexibility index (Phi) is 7.76. The molecular formula is C13H23N3OS. The standard InChI is InChI=1S/C13H23N3OS/c1-4-6-8-18-13-9-11(14-7-5-2)15-12(16-13)10-17-3/h9H,4-8,10H2,1-3H3,(H,14,15,16). The van der Waals surface area contributed by atoms with Crippen LogP contribution in [0.2, 0.25) is 0 Å². The van der Waals surface area contributed by atoms with Gasteiger partial charge in [0.2, 0.25) is 0 Å². The molecule has 0 aliphatic rings. The van der Waals surface area contributed by atoms with Gasteiger partial charge in [0.05, 0.1) is 0 Å². The monoisotopic (exact) mass is 269 g/mol. The first-order chi connectivity index (χ1) is 8.80. The summed E-state index contributed by atoms with van der Waals surface area (Å²) in [6, 6.07) is 2.02. The quantitative estimate of drug-likeness (QED) is 0.423. The molecule has 0 saturated heterocycles. The van der Waals surface area contributed by atoms with Crippen LogP contribution in [0.15, 0.2) is 11.1 Å². The average molecular weight is 269 g/mol. The minimum absolute atomic E-state index is 0.461. The molecule has 5 heteroatoms. The van der Waals surface area contributed by atoms with E-state index in [2.05, 4.69) is 29.1 Å². The summed E-state index contributed by atoms with van der Waals surface area (Å²) in [6.45, 7) is 5.73. The minimum Gasteiger partial charge on any atom is -0.377 e. The molecule has 0 aliphatic carbocycles. The number of thioether (sulfide) groups is 1. The predicted molar refractivity (Wildman–Crippen MR) is 77.2 cm³/mol. The van der Waals surface area contributed by atoms with Crippen LogP contribution in [0.1, 0.15) is 38.9 Å². The van der Waals surface area contributed by atoms with Crippen molar-refractivity contribution in [1.29, 1.82) is 0 Å². The van der Waals surface area contributed by atoms with Crippen molar-refractivity contribution in [3.63, 3.8) is 0 Å². The Bertz CT molecular complexity index is 347. The van der Waals surface area contributed by atoms with Crippen molar-refractivity contribution in [3.8, 4) is 0 Å². The average Bonchev–Trinajstić information content (AvgIpc) is 2.37. The van der Waals surface area contributed by atoms with E-state index in [1.165, 1.54) is 12.8 Å². The number of methoxy groups -OCH3 is 1. The van der Waals surface area contributed by atoms with Crippen molar-refractivity contribution in [2.75, 3.05) is 24.7 Å². The van der Waals surface area contributed by atoms with Crippen molar-refractivity contribution in [3.05, 3.63) is 11.9 Å². The second-order valence-corrected chi connectivity index (χ2v) is 5.18. The fraction of sp³-hybridized carbons (Fsp3) is 0.692. The van der Waals surface area contributed by atoms with Gasteiger partial charge < -0.3 is 10.1 Å². The molecule has 1 aromatic heterocycles. The molecule has 0 aliphatic heterocycles. The summed E-state index contributed by atoms with van der Waals surface area (Å²) >= 11 is 1.79. The van der Waals surface area contributed by atoms with E-state index in [0.29, 0.717) is 6.61 Å². The van der Waals surface area contributed by atoms with Crippen LogP contribution in [0.4, 0.5) is 5.82 Å². The molecule has 4 nitrogen and oxygen atoms in total. The van der Waals surface area contributed by atoms with E-state index in [1.54, 1.807) is 18.9 Å². The fourth-order valence-electron chi connectivity index (χ4n) is 1.41. The molecule has 1 aromatic rings. The lowest BCUT2D eigenvalue weighted by molar-refractivity contribution is 0.177. The molecule has 18 heavy (non-hydrogen) atoms. The van der Waals surface area contributed by atoms with Crippen molar-refractivity contribution in [1.82, 2.24) is 9.97 Å². The summed E-state index contributed by atoms with van der Waals surface area (Å²) in [5.74, 6) is 2.75. The lowest BCUT2D eigenvalue weighted by atomic mass is 10.4. The number of ether oxygens (including phenoxy) is 1. The van der Waals surface area contributed by atoms with Crippen LogP contribution in [0.3, 0.4) is 0 Å². The number of aromatic nitrogens is 2. The number of hydrogen-bond acceptors (Lipinski definition) is 5. The zero-order valence-electron chi connectivity index (χ0n) is 11.5. The molecule has 1 N–H and O–H groups in total. The Labute approximate surface area is 114 Å². The fourth-order valence-corrected chi connectivity index (χ4v) is 2.41. The number of unbranched alkanes of at least 4 members (excludes halogenated alkanes) is 1. The lowest BCUT2D eigenvalue weighted by Crippen LogP contribution is -2.06. The zero-order valence-corrected chi connectivity index (χ0v) is 12.3. The number of anilines is 1. The number of nitrogens with one attached hydrogen (secondary N) is 1. The van der Waals surface area contributed by atoms with Gasteiger partial charge in [0.1, 0.15) is 17.5 Å². The molecule has 0 amide bonds. The van der Waals surface area contributed by atoms with E-state index in [1.807, 2.05) is 6.07 Å². The predicted octanol–water partition coefficient (Wildman–Crippen LogP) is 3.34. The van der Waals surface area contributed by atoms with E-state index in [4.69, 9.17) is 4.74 Å². The second-order valence-electron chi connectivity index (χ2n) is 4.07. The summed E-state index contributed by atoms with van der Waals surface area (Å²) in [5.41, 5.74) is 0. The smallest absolute Gasteiger partial charge is 0.157 e. The van der Waals surface area contributed by atoms with Crippen LogP contribution in [0.25, 0.3) is 0 Å². The van der Waals surface area contributed by atoms with Gasteiger partial charge in [0.15, 0.2) is 5.82 Å². The van der Waals surface area contributed by atoms with Crippen molar-refractivity contribution in [2.24, 2.45) is 0 Å². The Morgan fingerprint density at radius 2 is 2.11 bits per heavy atom. The molecule has 0 bridgehead atoms. The topological polar surface area (TPSA) is 47.0 Å². The van der Waals surface area contributed by atoms with Crippen LogP contribution < -0.4 is 5.32 Å². The van der Waals surface area contributed by atoms with E-state index < -0.39 is 0 Å². The maximum absolute atomic E-state index is 5.11. The maximum Gasteiger partial charge on any atom is 0.157 e. The first-order valence-electron chi connectivity index (χ1n) is 6.53. The number of nitrogens with zero attached hydrogens (tertiary/aromatic N) is 2. The highest BCUT2D eigenvalue weighted by atomic mass is 32.2. The first-order valence-corrected chi connectivity index (χ1v) is 7.52. The Morgan fingerprint density at radius 3 is 2.78 bits per heavy atom. The second kappa shape index (κ2) is 9.16. The van der Waals surface area contributed by atoms with Gasteiger partial charge in [-0.15, -0.1) is 11.8 Å². The first kappa shape index (κ1) is 15.2. The van der Waals surface area contributed by atoms with Crippen LogP contribution >= 0.6 is 11.8 Å². The maximum atomic E-state index is 5.11. The molecule has 1 rings (SSSR count). The van der Waals surface area contributed by atoms with E-state index in [0.717, 1.165) is 35.4 Å². The van der Waals surface area contributed by atoms with Crippen molar-refractivity contribution < 1.29 is 4.74 Å². The van der Waals surface area contributed by atoms with E-state index in [-0.39, 0.29) is 0 Å². The summed E-state index contributed by atoms with van der Waals surface area (Å²) in [5, 5.41) is 4.34. The third-order valence-electron chi connectivity index (χ3n) is 2.33. The molecule has 0 saturated carbocycles. The number of rotatable bonds is 9. The van der Waals surface area contributed by atoms with Gasteiger partial charge in [-0.2, -0.15) is 0 Å². The minimum atomic E-state index is 0.461. The zero-order chi connectivity index (χ0) is 13.2. The summed E-state index contributed by atoms with van der Waals surface area (Å²) < 4.78 is 5.11. The lowest BCUT2D eigenvalue weighted by Gasteiger charge is -2.08. The summed E-state index contributed by atoms with van der Waals surface area (Å²) in [4.78, 5) is 8.92. The van der Waals surface area contributed by atoms with E-state index >= 15 is 0 Å². The highest BCUT2D eigenvalue weighted by molar-refractivity contribution is 7.99.